The van der Waals surface area contributed by atoms with Crippen LogP contribution in [0.25, 0.3) is 5.69 Å². The summed E-state index contributed by atoms with van der Waals surface area (Å²) in [6.45, 7) is 2.40. The molecule has 3 rings (SSSR count). The Labute approximate surface area is 127 Å². The standard InChI is InChI=1S/C18H16N2O2/c1-14-7-9-15(10-8-14)13-19-11-12-20(18(22)17(19)21)16-5-3-2-4-6-16/h2-12H,13H2,1H3. The van der Waals surface area contributed by atoms with E-state index in [1.807, 2.05) is 49.4 Å². The molecule has 0 saturated heterocycles. The van der Waals surface area contributed by atoms with E-state index >= 15 is 0 Å². The SMILES string of the molecule is Cc1ccc(Cn2ccn(-c3ccccc3)c(=O)c2=O)cc1. The first-order chi connectivity index (χ1) is 10.6. The predicted molar refractivity (Wildman–Crippen MR) is 86.6 cm³/mol. The minimum atomic E-state index is -0.541. The molecule has 0 aliphatic heterocycles. The first-order valence-corrected chi connectivity index (χ1v) is 7.08. The minimum Gasteiger partial charge on any atom is -0.305 e. The van der Waals surface area contributed by atoms with E-state index in [9.17, 15) is 9.59 Å². The molecular weight excluding hydrogens is 276 g/mol. The number of para-hydroxylation sites is 1. The summed E-state index contributed by atoms with van der Waals surface area (Å²) >= 11 is 0. The van der Waals surface area contributed by atoms with Crippen molar-refractivity contribution < 1.29 is 0 Å². The fourth-order valence-electron chi connectivity index (χ4n) is 2.32. The molecule has 0 spiro atoms. The lowest BCUT2D eigenvalue weighted by Gasteiger charge is -2.09. The molecule has 0 atom stereocenters. The van der Waals surface area contributed by atoms with Gasteiger partial charge in [0.2, 0.25) is 0 Å². The van der Waals surface area contributed by atoms with Crippen LogP contribution >= 0.6 is 0 Å². The first kappa shape index (κ1) is 14.1. The molecule has 0 saturated carbocycles. The number of rotatable bonds is 3. The second-order valence-electron chi connectivity index (χ2n) is 5.23. The van der Waals surface area contributed by atoms with Gasteiger partial charge in [-0.3, -0.25) is 14.2 Å². The molecule has 22 heavy (non-hydrogen) atoms. The van der Waals surface area contributed by atoms with Crippen LogP contribution in [0.15, 0.2) is 76.6 Å². The Morgan fingerprint density at radius 3 is 2.18 bits per heavy atom. The third-order valence-electron chi connectivity index (χ3n) is 3.57. The van der Waals surface area contributed by atoms with E-state index in [0.29, 0.717) is 12.2 Å². The fraction of sp³-hybridized carbons (Fsp3) is 0.111. The summed E-state index contributed by atoms with van der Waals surface area (Å²) in [6.07, 6.45) is 3.28. The summed E-state index contributed by atoms with van der Waals surface area (Å²) < 4.78 is 2.81. The molecule has 110 valence electrons. The van der Waals surface area contributed by atoms with Gasteiger partial charge in [-0.25, -0.2) is 0 Å². The highest BCUT2D eigenvalue weighted by Crippen LogP contribution is 2.05. The van der Waals surface area contributed by atoms with E-state index in [-0.39, 0.29) is 0 Å². The highest BCUT2D eigenvalue weighted by Gasteiger charge is 2.06. The molecule has 0 aliphatic carbocycles. The van der Waals surface area contributed by atoms with Crippen LogP contribution in [-0.4, -0.2) is 9.13 Å². The summed E-state index contributed by atoms with van der Waals surface area (Å²) in [4.78, 5) is 24.5. The monoisotopic (exact) mass is 292 g/mol. The summed E-state index contributed by atoms with van der Waals surface area (Å²) in [5.41, 5.74) is 1.78. The topological polar surface area (TPSA) is 44.0 Å². The molecule has 0 amide bonds. The van der Waals surface area contributed by atoms with Crippen LogP contribution in [0.3, 0.4) is 0 Å². The number of nitrogens with zero attached hydrogens (tertiary/aromatic N) is 2. The van der Waals surface area contributed by atoms with Gasteiger partial charge in [-0.15, -0.1) is 0 Å². The normalized spacial score (nSPS) is 10.6. The van der Waals surface area contributed by atoms with E-state index < -0.39 is 11.1 Å². The summed E-state index contributed by atoms with van der Waals surface area (Å²) in [5.74, 6) is 0. The molecule has 3 aromatic rings. The van der Waals surface area contributed by atoms with Crippen LogP contribution in [0.5, 0.6) is 0 Å². The zero-order valence-corrected chi connectivity index (χ0v) is 12.3. The molecule has 4 heteroatoms. The van der Waals surface area contributed by atoms with Gasteiger partial charge in [-0.1, -0.05) is 48.0 Å². The van der Waals surface area contributed by atoms with E-state index in [2.05, 4.69) is 0 Å². The maximum absolute atomic E-state index is 12.3. The van der Waals surface area contributed by atoms with Crippen LogP contribution < -0.4 is 11.1 Å². The summed E-state index contributed by atoms with van der Waals surface area (Å²) in [7, 11) is 0. The van der Waals surface area contributed by atoms with Crippen molar-refractivity contribution in [3.63, 3.8) is 0 Å². The van der Waals surface area contributed by atoms with Crippen molar-refractivity contribution in [2.45, 2.75) is 13.5 Å². The van der Waals surface area contributed by atoms with Gasteiger partial charge >= 0.3 is 11.1 Å². The smallest absolute Gasteiger partial charge is 0.305 e. The Morgan fingerprint density at radius 1 is 0.818 bits per heavy atom. The average Bonchev–Trinajstić information content (AvgIpc) is 2.55. The van der Waals surface area contributed by atoms with E-state index in [0.717, 1.165) is 11.1 Å². The second-order valence-corrected chi connectivity index (χ2v) is 5.23. The van der Waals surface area contributed by atoms with Crippen LogP contribution in [0.2, 0.25) is 0 Å². The zero-order valence-electron chi connectivity index (χ0n) is 12.3. The molecule has 0 bridgehead atoms. The first-order valence-electron chi connectivity index (χ1n) is 7.08. The highest BCUT2D eigenvalue weighted by atomic mass is 16.2. The highest BCUT2D eigenvalue weighted by molar-refractivity contribution is 5.31. The zero-order chi connectivity index (χ0) is 15.5. The van der Waals surface area contributed by atoms with Gasteiger partial charge in [0.25, 0.3) is 0 Å². The lowest BCUT2D eigenvalue weighted by atomic mass is 10.1. The van der Waals surface area contributed by atoms with Gasteiger partial charge in [0.05, 0.1) is 6.54 Å². The van der Waals surface area contributed by atoms with E-state index in [4.69, 9.17) is 0 Å². The Bertz CT molecular complexity index is 891. The van der Waals surface area contributed by atoms with Gasteiger partial charge in [0, 0.05) is 18.1 Å². The Hall–Kier alpha value is -2.88. The third kappa shape index (κ3) is 2.76. The molecule has 1 heterocycles. The number of hydrogen-bond acceptors (Lipinski definition) is 2. The maximum atomic E-state index is 12.3. The van der Waals surface area contributed by atoms with Crippen molar-refractivity contribution in [1.29, 1.82) is 0 Å². The Kier molecular flexibility index (Phi) is 3.74. The van der Waals surface area contributed by atoms with Gasteiger partial charge < -0.3 is 4.57 Å². The molecular formula is C18H16N2O2. The summed E-state index contributed by atoms with van der Waals surface area (Å²) in [6, 6.07) is 17.0. The average molecular weight is 292 g/mol. The maximum Gasteiger partial charge on any atom is 0.320 e. The van der Waals surface area contributed by atoms with Gasteiger partial charge in [0.15, 0.2) is 0 Å². The quantitative estimate of drug-likeness (QED) is 0.696. The third-order valence-corrected chi connectivity index (χ3v) is 3.57. The van der Waals surface area contributed by atoms with Crippen LogP contribution in [0.1, 0.15) is 11.1 Å². The lowest BCUT2D eigenvalue weighted by molar-refractivity contribution is 0.718. The van der Waals surface area contributed by atoms with Crippen LogP contribution in [0, 0.1) is 6.92 Å². The minimum absolute atomic E-state index is 0.393. The number of hydrogen-bond donors (Lipinski definition) is 0. The molecule has 0 N–H and O–H groups in total. The molecule has 4 nitrogen and oxygen atoms in total. The van der Waals surface area contributed by atoms with Crippen molar-refractivity contribution in [2.75, 3.05) is 0 Å². The number of aromatic nitrogens is 2. The molecule has 1 aromatic heterocycles. The van der Waals surface area contributed by atoms with Gasteiger partial charge in [0.1, 0.15) is 0 Å². The van der Waals surface area contributed by atoms with Crippen molar-refractivity contribution in [3.8, 4) is 5.69 Å². The van der Waals surface area contributed by atoms with Crippen molar-refractivity contribution in [3.05, 3.63) is 98.8 Å². The lowest BCUT2D eigenvalue weighted by Crippen LogP contribution is -2.40. The largest absolute Gasteiger partial charge is 0.320 e. The van der Waals surface area contributed by atoms with E-state index in [1.165, 1.54) is 9.13 Å². The van der Waals surface area contributed by atoms with Crippen molar-refractivity contribution in [1.82, 2.24) is 9.13 Å². The van der Waals surface area contributed by atoms with Crippen LogP contribution in [-0.2, 0) is 6.54 Å². The molecule has 0 fully saturated rings. The second kappa shape index (κ2) is 5.85. The molecule has 0 radical (unpaired) electrons. The predicted octanol–water partition coefficient (Wildman–Crippen LogP) is 2.36. The molecule has 0 unspecified atom stereocenters. The van der Waals surface area contributed by atoms with Gasteiger partial charge in [-0.2, -0.15) is 0 Å². The van der Waals surface area contributed by atoms with Gasteiger partial charge in [-0.05, 0) is 24.6 Å². The van der Waals surface area contributed by atoms with Crippen LogP contribution in [0.4, 0.5) is 0 Å². The number of benzene rings is 2. The Morgan fingerprint density at radius 2 is 1.50 bits per heavy atom. The molecule has 0 aliphatic rings. The summed E-state index contributed by atoms with van der Waals surface area (Å²) in [5, 5.41) is 0. The van der Waals surface area contributed by atoms with Crippen molar-refractivity contribution >= 4 is 0 Å². The van der Waals surface area contributed by atoms with Crippen molar-refractivity contribution in [2.24, 2.45) is 0 Å². The fourth-order valence-corrected chi connectivity index (χ4v) is 2.32. The molecule has 2 aromatic carbocycles. The Balaban J connectivity index is 1.99. The van der Waals surface area contributed by atoms with E-state index in [1.54, 1.807) is 24.5 Å². The number of aryl methyl sites for hydroxylation is 1.